The van der Waals surface area contributed by atoms with Crippen LogP contribution in [-0.2, 0) is 6.54 Å². The summed E-state index contributed by atoms with van der Waals surface area (Å²) < 4.78 is 0. The molecular weight excluding hydrogens is 248 g/mol. The molecule has 2 aromatic rings. The molecule has 0 saturated carbocycles. The minimum absolute atomic E-state index is 0.183. The average Bonchev–Trinajstić information content (AvgIpc) is 2.38. The van der Waals surface area contributed by atoms with Gasteiger partial charge in [-0.3, -0.25) is 4.79 Å². The predicted molar refractivity (Wildman–Crippen MR) is 73.5 cm³/mol. The molecule has 0 aliphatic heterocycles. The largest absolute Gasteiger partial charge is 0.399 e. The third-order valence-electron chi connectivity index (χ3n) is 2.55. The molecule has 0 atom stereocenters. The van der Waals surface area contributed by atoms with Gasteiger partial charge < -0.3 is 11.1 Å². The predicted octanol–water partition coefficient (Wildman–Crippen LogP) is 2.85. The van der Waals surface area contributed by atoms with Crippen LogP contribution < -0.4 is 11.1 Å². The highest BCUT2D eigenvalue weighted by Crippen LogP contribution is 2.14. The number of carbonyl (C=O) groups excluding carboxylic acids is 1. The molecule has 0 bridgehead atoms. The number of carbonyl (C=O) groups is 1. The van der Waals surface area contributed by atoms with Crippen LogP contribution in [0.4, 0.5) is 5.69 Å². The van der Waals surface area contributed by atoms with E-state index in [1.807, 2.05) is 12.1 Å². The molecule has 0 radical (unpaired) electrons. The number of nitrogens with two attached hydrogens (primary N) is 1. The molecule has 0 saturated heterocycles. The molecule has 2 rings (SSSR count). The molecule has 0 aliphatic carbocycles. The second-order valence-corrected chi connectivity index (χ2v) is 4.31. The Kier molecular flexibility index (Phi) is 3.85. The van der Waals surface area contributed by atoms with Crippen molar-refractivity contribution in [3.8, 4) is 0 Å². The van der Waals surface area contributed by atoms with E-state index in [9.17, 15) is 4.79 Å². The lowest BCUT2D eigenvalue weighted by atomic mass is 10.2. The molecule has 0 spiro atoms. The Labute approximate surface area is 111 Å². The van der Waals surface area contributed by atoms with Crippen molar-refractivity contribution < 1.29 is 4.79 Å². The van der Waals surface area contributed by atoms with Gasteiger partial charge in [-0.2, -0.15) is 0 Å². The normalized spacial score (nSPS) is 10.1. The van der Waals surface area contributed by atoms with Crippen LogP contribution >= 0.6 is 11.6 Å². The second-order valence-electron chi connectivity index (χ2n) is 3.90. The standard InChI is InChI=1S/C14H13ClN2O/c15-13-4-2-1-3-12(13)14(18)17-9-10-5-7-11(16)8-6-10/h1-8H,9,16H2,(H,17,18). The number of anilines is 1. The maximum Gasteiger partial charge on any atom is 0.253 e. The molecule has 4 heteroatoms. The van der Waals surface area contributed by atoms with Gasteiger partial charge in [0.25, 0.3) is 5.91 Å². The van der Waals surface area contributed by atoms with Gasteiger partial charge in [-0.1, -0.05) is 35.9 Å². The first-order valence-electron chi connectivity index (χ1n) is 5.54. The van der Waals surface area contributed by atoms with Crippen LogP contribution in [0.5, 0.6) is 0 Å². The Morgan fingerprint density at radius 1 is 1.11 bits per heavy atom. The summed E-state index contributed by atoms with van der Waals surface area (Å²) in [6.45, 7) is 0.449. The van der Waals surface area contributed by atoms with E-state index < -0.39 is 0 Å². The second kappa shape index (κ2) is 5.56. The zero-order valence-electron chi connectivity index (χ0n) is 9.69. The summed E-state index contributed by atoms with van der Waals surface area (Å²) in [6.07, 6.45) is 0. The van der Waals surface area contributed by atoms with Crippen molar-refractivity contribution in [1.82, 2.24) is 5.32 Å². The first-order valence-corrected chi connectivity index (χ1v) is 5.92. The smallest absolute Gasteiger partial charge is 0.253 e. The molecule has 0 heterocycles. The van der Waals surface area contributed by atoms with Gasteiger partial charge in [0.15, 0.2) is 0 Å². The summed E-state index contributed by atoms with van der Waals surface area (Å²) in [5.41, 5.74) is 7.77. The first kappa shape index (κ1) is 12.5. The lowest BCUT2D eigenvalue weighted by molar-refractivity contribution is 0.0951. The third kappa shape index (κ3) is 3.02. The van der Waals surface area contributed by atoms with E-state index >= 15 is 0 Å². The van der Waals surface area contributed by atoms with Crippen LogP contribution in [-0.4, -0.2) is 5.91 Å². The molecule has 3 N–H and O–H groups in total. The van der Waals surface area contributed by atoms with E-state index in [0.29, 0.717) is 22.8 Å². The molecule has 92 valence electrons. The number of nitrogen functional groups attached to an aromatic ring is 1. The van der Waals surface area contributed by atoms with E-state index in [1.165, 1.54) is 0 Å². The fraction of sp³-hybridized carbons (Fsp3) is 0.0714. The molecule has 0 aliphatic rings. The zero-order chi connectivity index (χ0) is 13.0. The third-order valence-corrected chi connectivity index (χ3v) is 2.88. The van der Waals surface area contributed by atoms with Crippen molar-refractivity contribution in [2.75, 3.05) is 5.73 Å². The maximum absolute atomic E-state index is 11.9. The number of hydrogen-bond acceptors (Lipinski definition) is 2. The van der Waals surface area contributed by atoms with E-state index in [4.69, 9.17) is 17.3 Å². The van der Waals surface area contributed by atoms with Crippen LogP contribution in [0.25, 0.3) is 0 Å². The Balaban J connectivity index is 2.01. The summed E-state index contributed by atoms with van der Waals surface area (Å²) in [6, 6.07) is 14.3. The fourth-order valence-corrected chi connectivity index (χ4v) is 1.78. The Hall–Kier alpha value is -2.00. The quantitative estimate of drug-likeness (QED) is 0.834. The van der Waals surface area contributed by atoms with Crippen molar-refractivity contribution in [2.45, 2.75) is 6.54 Å². The number of amides is 1. The highest BCUT2D eigenvalue weighted by Gasteiger charge is 2.08. The van der Waals surface area contributed by atoms with Crippen LogP contribution in [0.3, 0.4) is 0 Å². The monoisotopic (exact) mass is 260 g/mol. The Bertz CT molecular complexity index is 552. The number of nitrogens with one attached hydrogen (secondary N) is 1. The fourth-order valence-electron chi connectivity index (χ4n) is 1.56. The van der Waals surface area contributed by atoms with Crippen molar-refractivity contribution in [3.05, 3.63) is 64.7 Å². The van der Waals surface area contributed by atoms with Gasteiger partial charge in [0.05, 0.1) is 10.6 Å². The summed E-state index contributed by atoms with van der Waals surface area (Å²) in [7, 11) is 0. The van der Waals surface area contributed by atoms with Crippen LogP contribution in [0.15, 0.2) is 48.5 Å². The van der Waals surface area contributed by atoms with E-state index in [1.54, 1.807) is 36.4 Å². The van der Waals surface area contributed by atoms with E-state index in [0.717, 1.165) is 5.56 Å². The molecule has 0 aromatic heterocycles. The van der Waals surface area contributed by atoms with Crippen molar-refractivity contribution in [3.63, 3.8) is 0 Å². The van der Waals surface area contributed by atoms with Crippen LogP contribution in [0, 0.1) is 0 Å². The summed E-state index contributed by atoms with van der Waals surface area (Å²) in [5, 5.41) is 3.26. The van der Waals surface area contributed by atoms with Gasteiger partial charge in [0.2, 0.25) is 0 Å². The van der Waals surface area contributed by atoms with Gasteiger partial charge in [-0.05, 0) is 29.8 Å². The lowest BCUT2D eigenvalue weighted by Gasteiger charge is -2.07. The summed E-state index contributed by atoms with van der Waals surface area (Å²) >= 11 is 5.94. The Morgan fingerprint density at radius 3 is 2.44 bits per heavy atom. The number of rotatable bonds is 3. The van der Waals surface area contributed by atoms with Crippen molar-refractivity contribution in [2.24, 2.45) is 0 Å². The highest BCUT2D eigenvalue weighted by molar-refractivity contribution is 6.33. The van der Waals surface area contributed by atoms with E-state index in [-0.39, 0.29) is 5.91 Å². The lowest BCUT2D eigenvalue weighted by Crippen LogP contribution is -2.23. The topological polar surface area (TPSA) is 55.1 Å². The minimum Gasteiger partial charge on any atom is -0.399 e. The average molecular weight is 261 g/mol. The van der Waals surface area contributed by atoms with Crippen molar-refractivity contribution in [1.29, 1.82) is 0 Å². The first-order chi connectivity index (χ1) is 8.66. The highest BCUT2D eigenvalue weighted by atomic mass is 35.5. The van der Waals surface area contributed by atoms with Crippen LogP contribution in [0.1, 0.15) is 15.9 Å². The maximum atomic E-state index is 11.9. The van der Waals surface area contributed by atoms with Gasteiger partial charge in [-0.25, -0.2) is 0 Å². The number of halogens is 1. The molecular formula is C14H13ClN2O. The van der Waals surface area contributed by atoms with Crippen molar-refractivity contribution >= 4 is 23.2 Å². The molecule has 18 heavy (non-hydrogen) atoms. The summed E-state index contributed by atoms with van der Waals surface area (Å²) in [5.74, 6) is -0.183. The van der Waals surface area contributed by atoms with Gasteiger partial charge in [-0.15, -0.1) is 0 Å². The van der Waals surface area contributed by atoms with Gasteiger partial charge in [0.1, 0.15) is 0 Å². The van der Waals surface area contributed by atoms with E-state index in [2.05, 4.69) is 5.32 Å². The molecule has 0 unspecified atom stereocenters. The Morgan fingerprint density at radius 2 is 1.78 bits per heavy atom. The number of hydrogen-bond donors (Lipinski definition) is 2. The molecule has 3 nitrogen and oxygen atoms in total. The minimum atomic E-state index is -0.183. The zero-order valence-corrected chi connectivity index (χ0v) is 10.4. The van der Waals surface area contributed by atoms with Crippen LogP contribution in [0.2, 0.25) is 5.02 Å². The number of benzene rings is 2. The summed E-state index contributed by atoms with van der Waals surface area (Å²) in [4.78, 5) is 11.9. The van der Waals surface area contributed by atoms with Gasteiger partial charge in [0, 0.05) is 12.2 Å². The SMILES string of the molecule is Nc1ccc(CNC(=O)c2ccccc2Cl)cc1. The molecule has 2 aromatic carbocycles. The molecule has 0 fully saturated rings. The molecule has 1 amide bonds. The van der Waals surface area contributed by atoms with Gasteiger partial charge >= 0.3 is 0 Å².